The summed E-state index contributed by atoms with van der Waals surface area (Å²) in [5, 5.41) is 20.5. The number of aliphatic hydroxyl groups is 2. The number of β-amino-alcohol motifs (C(OH)–C–C–N with tert-alkyl or cyclic N) is 1. The Morgan fingerprint density at radius 2 is 2.00 bits per heavy atom. The zero-order chi connectivity index (χ0) is 16.7. The predicted octanol–water partition coefficient (Wildman–Crippen LogP) is 2.46. The summed E-state index contributed by atoms with van der Waals surface area (Å²) in [6, 6.07) is 12.0. The Labute approximate surface area is 144 Å². The highest BCUT2D eigenvalue weighted by molar-refractivity contribution is 7.15. The molecule has 124 valence electrons. The third-order valence-corrected chi connectivity index (χ3v) is 5.48. The van der Waals surface area contributed by atoms with Crippen LogP contribution in [0.3, 0.4) is 0 Å². The normalized spacial score (nSPS) is 20.9. The Balaban J connectivity index is 1.84. The summed E-state index contributed by atoms with van der Waals surface area (Å²) in [5.74, 6) is 1.41. The van der Waals surface area contributed by atoms with Crippen LogP contribution in [0.15, 0.2) is 36.4 Å². The molecule has 24 heavy (non-hydrogen) atoms. The highest BCUT2D eigenvalue weighted by Gasteiger charge is 2.32. The first kappa shape index (κ1) is 15.5. The maximum Gasteiger partial charge on any atom is 0.172 e. The molecule has 0 amide bonds. The number of fused-ring (bicyclic) bond motifs is 1. The second kappa shape index (κ2) is 6.12. The number of rotatable bonds is 3. The van der Waals surface area contributed by atoms with Gasteiger partial charge in [-0.05, 0) is 31.2 Å². The van der Waals surface area contributed by atoms with Gasteiger partial charge in [0.1, 0.15) is 5.82 Å². The van der Waals surface area contributed by atoms with Crippen LogP contribution in [0, 0.1) is 12.8 Å². The highest BCUT2D eigenvalue weighted by Crippen LogP contribution is 2.33. The van der Waals surface area contributed by atoms with Gasteiger partial charge in [0, 0.05) is 29.3 Å². The van der Waals surface area contributed by atoms with Crippen molar-refractivity contribution < 1.29 is 10.2 Å². The van der Waals surface area contributed by atoms with Crippen molar-refractivity contribution in [3.05, 3.63) is 41.3 Å². The van der Waals surface area contributed by atoms with Gasteiger partial charge in [0.25, 0.3) is 0 Å². The smallest absolute Gasteiger partial charge is 0.172 e. The van der Waals surface area contributed by atoms with E-state index in [2.05, 4.69) is 17.9 Å². The van der Waals surface area contributed by atoms with Gasteiger partial charge in [0.05, 0.1) is 23.1 Å². The lowest BCUT2D eigenvalue weighted by atomic mass is 10.1. The van der Waals surface area contributed by atoms with E-state index in [-0.39, 0.29) is 12.5 Å². The van der Waals surface area contributed by atoms with Crippen LogP contribution in [0.1, 0.15) is 4.88 Å². The Kier molecular flexibility index (Phi) is 3.96. The van der Waals surface area contributed by atoms with E-state index in [0.29, 0.717) is 18.9 Å². The predicted molar refractivity (Wildman–Crippen MR) is 96.4 cm³/mol. The van der Waals surface area contributed by atoms with E-state index < -0.39 is 6.10 Å². The first-order valence-corrected chi connectivity index (χ1v) is 8.85. The molecule has 0 unspecified atom stereocenters. The molecule has 0 saturated carbocycles. The molecule has 5 nitrogen and oxygen atoms in total. The van der Waals surface area contributed by atoms with Gasteiger partial charge in [-0.15, -0.1) is 11.3 Å². The van der Waals surface area contributed by atoms with E-state index in [4.69, 9.17) is 9.97 Å². The molecule has 1 aliphatic heterocycles. The molecular formula is C18H19N3O2S. The van der Waals surface area contributed by atoms with Gasteiger partial charge < -0.3 is 15.1 Å². The minimum absolute atomic E-state index is 0.0162. The highest BCUT2D eigenvalue weighted by atomic mass is 32.1. The monoisotopic (exact) mass is 341 g/mol. The second-order valence-corrected chi connectivity index (χ2v) is 7.50. The summed E-state index contributed by atoms with van der Waals surface area (Å²) in [6.45, 7) is 3.13. The van der Waals surface area contributed by atoms with E-state index in [1.165, 1.54) is 4.88 Å². The third-order valence-electron chi connectivity index (χ3n) is 4.48. The number of anilines is 1. The van der Waals surface area contributed by atoms with E-state index in [1.54, 1.807) is 11.3 Å². The van der Waals surface area contributed by atoms with Crippen LogP contribution in [-0.2, 0) is 0 Å². The molecule has 2 aromatic heterocycles. The van der Waals surface area contributed by atoms with Crippen LogP contribution in [0.25, 0.3) is 21.6 Å². The number of benzene rings is 1. The zero-order valence-electron chi connectivity index (χ0n) is 13.4. The lowest BCUT2D eigenvalue weighted by Gasteiger charge is -2.19. The Hall–Kier alpha value is -2.02. The fourth-order valence-corrected chi connectivity index (χ4v) is 3.97. The van der Waals surface area contributed by atoms with Crippen molar-refractivity contribution in [2.45, 2.75) is 13.0 Å². The molecule has 0 spiro atoms. The quantitative estimate of drug-likeness (QED) is 0.766. The number of para-hydroxylation sites is 1. The molecule has 6 heteroatoms. The maximum absolute atomic E-state index is 10.1. The number of nitrogens with zero attached hydrogens (tertiary/aromatic N) is 3. The number of aliphatic hydroxyl groups excluding tert-OH is 2. The topological polar surface area (TPSA) is 69.5 Å². The summed E-state index contributed by atoms with van der Waals surface area (Å²) in [5.41, 5.74) is 0.894. The summed E-state index contributed by atoms with van der Waals surface area (Å²) >= 11 is 1.67. The fraction of sp³-hybridized carbons (Fsp3) is 0.333. The SMILES string of the molecule is Cc1ccc(-c2nc(N3C[C@@H](CO)[C@@H](O)C3)c3ccccc3n2)s1. The molecule has 2 N–H and O–H groups in total. The first-order chi connectivity index (χ1) is 11.7. The minimum Gasteiger partial charge on any atom is -0.396 e. The molecule has 2 atom stereocenters. The average Bonchev–Trinajstić information content (AvgIpc) is 3.19. The van der Waals surface area contributed by atoms with E-state index >= 15 is 0 Å². The van der Waals surface area contributed by atoms with Gasteiger partial charge in [-0.1, -0.05) is 12.1 Å². The molecule has 3 aromatic rings. The van der Waals surface area contributed by atoms with Crippen LogP contribution in [0.5, 0.6) is 0 Å². The van der Waals surface area contributed by atoms with Crippen LogP contribution in [-0.4, -0.2) is 46.0 Å². The van der Waals surface area contributed by atoms with Crippen molar-refractivity contribution in [3.8, 4) is 10.7 Å². The summed E-state index contributed by atoms with van der Waals surface area (Å²) in [6.07, 6.45) is -0.531. The molecule has 1 aromatic carbocycles. The molecule has 1 saturated heterocycles. The molecule has 1 aliphatic rings. The first-order valence-electron chi connectivity index (χ1n) is 8.03. The third kappa shape index (κ3) is 2.66. The average molecular weight is 341 g/mol. The number of thiophene rings is 1. The van der Waals surface area contributed by atoms with Crippen LogP contribution in [0.2, 0.25) is 0 Å². The molecule has 3 heterocycles. The van der Waals surface area contributed by atoms with E-state index in [1.807, 2.05) is 30.3 Å². The zero-order valence-corrected chi connectivity index (χ0v) is 14.2. The molecule has 0 bridgehead atoms. The van der Waals surface area contributed by atoms with Gasteiger partial charge in [-0.2, -0.15) is 0 Å². The number of hydrogen-bond acceptors (Lipinski definition) is 6. The van der Waals surface area contributed by atoms with Crippen molar-refractivity contribution in [1.82, 2.24) is 9.97 Å². The van der Waals surface area contributed by atoms with Gasteiger partial charge in [0.15, 0.2) is 5.82 Å². The summed E-state index contributed by atoms with van der Waals surface area (Å²) in [4.78, 5) is 13.8. The van der Waals surface area contributed by atoms with Crippen molar-refractivity contribution in [2.75, 3.05) is 24.6 Å². The van der Waals surface area contributed by atoms with Crippen molar-refractivity contribution in [2.24, 2.45) is 5.92 Å². The fourth-order valence-electron chi connectivity index (χ4n) is 3.17. The second-order valence-electron chi connectivity index (χ2n) is 6.21. The Morgan fingerprint density at radius 3 is 2.71 bits per heavy atom. The number of aryl methyl sites for hydroxylation is 1. The van der Waals surface area contributed by atoms with E-state index in [9.17, 15) is 10.2 Å². The van der Waals surface area contributed by atoms with Gasteiger partial charge >= 0.3 is 0 Å². The van der Waals surface area contributed by atoms with Crippen LogP contribution >= 0.6 is 11.3 Å². The number of aromatic nitrogens is 2. The molecule has 4 rings (SSSR count). The largest absolute Gasteiger partial charge is 0.396 e. The van der Waals surface area contributed by atoms with Crippen molar-refractivity contribution >= 4 is 28.1 Å². The molecule has 0 radical (unpaired) electrons. The number of hydrogen-bond donors (Lipinski definition) is 2. The van der Waals surface area contributed by atoms with Gasteiger partial charge in [0.2, 0.25) is 0 Å². The molecule has 1 fully saturated rings. The van der Waals surface area contributed by atoms with E-state index in [0.717, 1.165) is 21.6 Å². The summed E-state index contributed by atoms with van der Waals surface area (Å²) in [7, 11) is 0. The maximum atomic E-state index is 10.1. The lowest BCUT2D eigenvalue weighted by Crippen LogP contribution is -2.22. The molecular weight excluding hydrogens is 322 g/mol. The lowest BCUT2D eigenvalue weighted by molar-refractivity contribution is 0.104. The van der Waals surface area contributed by atoms with Crippen LogP contribution in [0.4, 0.5) is 5.82 Å². The Morgan fingerprint density at radius 1 is 1.17 bits per heavy atom. The summed E-state index contributed by atoms with van der Waals surface area (Å²) < 4.78 is 0. The van der Waals surface area contributed by atoms with Gasteiger partial charge in [-0.3, -0.25) is 0 Å². The molecule has 0 aliphatic carbocycles. The standard InChI is InChI=1S/C18H19N3O2S/c1-11-6-7-16(24-11)17-19-14-5-3-2-4-13(14)18(20-17)21-8-12(10-22)15(23)9-21/h2-7,12,15,22-23H,8-10H2,1H3/t12-,15-/m0/s1. The minimum atomic E-state index is -0.531. The van der Waals surface area contributed by atoms with Crippen LogP contribution < -0.4 is 4.90 Å². The Bertz CT molecular complexity index is 880. The van der Waals surface area contributed by atoms with Crippen molar-refractivity contribution in [1.29, 1.82) is 0 Å². The van der Waals surface area contributed by atoms with Gasteiger partial charge in [-0.25, -0.2) is 9.97 Å². The van der Waals surface area contributed by atoms with Crippen molar-refractivity contribution in [3.63, 3.8) is 0 Å².